The van der Waals surface area contributed by atoms with Crippen molar-refractivity contribution in [3.63, 3.8) is 0 Å². The van der Waals surface area contributed by atoms with Crippen LogP contribution in [-0.4, -0.2) is 42.1 Å². The number of benzene rings is 1. The van der Waals surface area contributed by atoms with Crippen molar-refractivity contribution >= 4 is 44.8 Å². The highest BCUT2D eigenvalue weighted by atomic mass is 35.5. The van der Waals surface area contributed by atoms with Gasteiger partial charge < -0.3 is 4.90 Å². The van der Waals surface area contributed by atoms with Crippen molar-refractivity contribution in [2.45, 2.75) is 24.7 Å². The van der Waals surface area contributed by atoms with E-state index in [9.17, 15) is 13.2 Å². The van der Waals surface area contributed by atoms with Crippen LogP contribution in [0.3, 0.4) is 0 Å². The SMILES string of the molecule is Cc1nn(C)c(Cl)c1S(=O)(=O)Nc1ccc(Cl)cc1C(=O)N1CCCC1. The van der Waals surface area contributed by atoms with Gasteiger partial charge in [0.1, 0.15) is 10.0 Å². The predicted octanol–water partition coefficient (Wildman–Crippen LogP) is 3.07. The van der Waals surface area contributed by atoms with Gasteiger partial charge in [0.25, 0.3) is 15.9 Å². The molecule has 3 rings (SSSR count). The molecule has 7 nitrogen and oxygen atoms in total. The van der Waals surface area contributed by atoms with Crippen LogP contribution in [0.2, 0.25) is 10.2 Å². The molecule has 0 bridgehead atoms. The average molecular weight is 417 g/mol. The number of anilines is 1. The number of carbonyl (C=O) groups excluding carboxylic acids is 1. The molecule has 2 aromatic rings. The second-order valence-electron chi connectivity index (χ2n) is 6.12. The lowest BCUT2D eigenvalue weighted by Gasteiger charge is -2.18. The summed E-state index contributed by atoms with van der Waals surface area (Å²) in [6.07, 6.45) is 1.86. The lowest BCUT2D eigenvalue weighted by molar-refractivity contribution is 0.0794. The summed E-state index contributed by atoms with van der Waals surface area (Å²) in [6.45, 7) is 2.84. The Balaban J connectivity index is 2.00. The van der Waals surface area contributed by atoms with E-state index in [-0.39, 0.29) is 32.9 Å². The van der Waals surface area contributed by atoms with Gasteiger partial charge in [0.2, 0.25) is 0 Å². The highest BCUT2D eigenvalue weighted by molar-refractivity contribution is 7.92. The molecule has 0 atom stereocenters. The van der Waals surface area contributed by atoms with E-state index >= 15 is 0 Å². The van der Waals surface area contributed by atoms with Crippen molar-refractivity contribution < 1.29 is 13.2 Å². The molecule has 1 aromatic heterocycles. The topological polar surface area (TPSA) is 84.3 Å². The van der Waals surface area contributed by atoms with E-state index < -0.39 is 10.0 Å². The first-order valence-corrected chi connectivity index (χ1v) is 10.3. The van der Waals surface area contributed by atoms with Crippen molar-refractivity contribution in [2.75, 3.05) is 17.8 Å². The fourth-order valence-corrected chi connectivity index (χ4v) is 4.99. The largest absolute Gasteiger partial charge is 0.339 e. The second kappa shape index (κ2) is 7.09. The van der Waals surface area contributed by atoms with Crippen molar-refractivity contribution in [1.29, 1.82) is 0 Å². The lowest BCUT2D eigenvalue weighted by atomic mass is 10.1. The normalized spacial score (nSPS) is 14.7. The number of rotatable bonds is 4. The molecule has 140 valence electrons. The number of aromatic nitrogens is 2. The molecule has 0 spiro atoms. The van der Waals surface area contributed by atoms with Crippen LogP contribution in [0, 0.1) is 6.92 Å². The monoisotopic (exact) mass is 416 g/mol. The maximum absolute atomic E-state index is 12.8. The van der Waals surface area contributed by atoms with Gasteiger partial charge in [-0.15, -0.1) is 0 Å². The third-order valence-electron chi connectivity index (χ3n) is 4.22. The number of halogens is 2. The molecular formula is C16H18Cl2N4O3S. The zero-order chi connectivity index (χ0) is 19.1. The van der Waals surface area contributed by atoms with Crippen molar-refractivity contribution in [3.8, 4) is 0 Å². The van der Waals surface area contributed by atoms with Gasteiger partial charge in [0.15, 0.2) is 0 Å². The zero-order valence-corrected chi connectivity index (χ0v) is 16.6. The van der Waals surface area contributed by atoms with E-state index in [0.29, 0.717) is 18.1 Å². The van der Waals surface area contributed by atoms with Crippen LogP contribution in [0.15, 0.2) is 23.1 Å². The number of aryl methyl sites for hydroxylation is 2. The number of likely N-dealkylation sites (tertiary alicyclic amines) is 1. The van der Waals surface area contributed by atoms with Crippen molar-refractivity contribution in [3.05, 3.63) is 39.6 Å². The van der Waals surface area contributed by atoms with Gasteiger partial charge in [-0.25, -0.2) is 8.42 Å². The molecule has 0 saturated carbocycles. The van der Waals surface area contributed by atoms with Crippen LogP contribution in [0.1, 0.15) is 28.9 Å². The number of amides is 1. The van der Waals surface area contributed by atoms with E-state index in [1.54, 1.807) is 18.9 Å². The molecular weight excluding hydrogens is 399 g/mol. The minimum atomic E-state index is -4.03. The maximum atomic E-state index is 12.8. The third-order valence-corrected chi connectivity index (χ3v) is 6.51. The summed E-state index contributed by atoms with van der Waals surface area (Å²) in [6, 6.07) is 4.47. The van der Waals surface area contributed by atoms with Crippen LogP contribution >= 0.6 is 23.2 Å². The molecule has 2 heterocycles. The minimum absolute atomic E-state index is 0.00335. The van der Waals surface area contributed by atoms with E-state index in [4.69, 9.17) is 23.2 Å². The average Bonchev–Trinajstić information content (AvgIpc) is 3.17. The van der Waals surface area contributed by atoms with Crippen LogP contribution < -0.4 is 4.72 Å². The Labute approximate surface area is 161 Å². The maximum Gasteiger partial charge on any atom is 0.266 e. The summed E-state index contributed by atoms with van der Waals surface area (Å²) in [7, 11) is -2.47. The van der Waals surface area contributed by atoms with Gasteiger partial charge in [0.05, 0.1) is 16.9 Å². The summed E-state index contributed by atoms with van der Waals surface area (Å²) >= 11 is 12.1. The Kier molecular flexibility index (Phi) is 5.18. The van der Waals surface area contributed by atoms with Crippen LogP contribution in [0.5, 0.6) is 0 Å². The van der Waals surface area contributed by atoms with Crippen LogP contribution in [0.4, 0.5) is 5.69 Å². The Morgan fingerprint density at radius 1 is 1.23 bits per heavy atom. The zero-order valence-electron chi connectivity index (χ0n) is 14.3. The van der Waals surface area contributed by atoms with Crippen molar-refractivity contribution in [2.24, 2.45) is 7.05 Å². The molecule has 10 heteroatoms. The highest BCUT2D eigenvalue weighted by Gasteiger charge is 2.28. The van der Waals surface area contributed by atoms with Gasteiger partial charge in [0, 0.05) is 25.2 Å². The molecule has 1 amide bonds. The minimum Gasteiger partial charge on any atom is -0.339 e. The lowest BCUT2D eigenvalue weighted by Crippen LogP contribution is -2.29. The standard InChI is InChI=1S/C16H18Cl2N4O3S/c1-10-14(15(18)21(2)19-10)26(24,25)20-13-6-5-11(17)9-12(13)16(23)22-7-3-4-8-22/h5-6,9,20H,3-4,7-8H2,1-2H3. The van der Waals surface area contributed by atoms with Gasteiger partial charge in [-0.05, 0) is 38.0 Å². The molecule has 26 heavy (non-hydrogen) atoms. The van der Waals surface area contributed by atoms with E-state index in [0.717, 1.165) is 12.8 Å². The van der Waals surface area contributed by atoms with Gasteiger partial charge in [-0.3, -0.25) is 14.2 Å². The summed E-state index contributed by atoms with van der Waals surface area (Å²) in [4.78, 5) is 14.3. The third kappa shape index (κ3) is 3.54. The number of hydrogen-bond acceptors (Lipinski definition) is 4. The fraction of sp³-hybridized carbons (Fsp3) is 0.375. The van der Waals surface area contributed by atoms with Crippen molar-refractivity contribution in [1.82, 2.24) is 14.7 Å². The molecule has 1 aromatic carbocycles. The molecule has 1 N–H and O–H groups in total. The molecule has 0 unspecified atom stereocenters. The first-order chi connectivity index (χ1) is 12.2. The summed E-state index contributed by atoms with van der Waals surface area (Å²) in [5.74, 6) is -0.253. The molecule has 0 aliphatic carbocycles. The first-order valence-electron chi connectivity index (χ1n) is 8.01. The van der Waals surface area contributed by atoms with E-state index in [1.807, 2.05) is 0 Å². The van der Waals surface area contributed by atoms with E-state index in [1.165, 1.54) is 22.9 Å². The molecule has 1 saturated heterocycles. The fourth-order valence-electron chi connectivity index (χ4n) is 2.98. The second-order valence-corrected chi connectivity index (χ2v) is 8.54. The Bertz CT molecular complexity index is 966. The number of nitrogens with zero attached hydrogens (tertiary/aromatic N) is 3. The molecule has 0 radical (unpaired) electrons. The Morgan fingerprint density at radius 2 is 1.88 bits per heavy atom. The number of nitrogens with one attached hydrogen (secondary N) is 1. The Hall–Kier alpha value is -1.77. The van der Waals surface area contributed by atoms with E-state index in [2.05, 4.69) is 9.82 Å². The quantitative estimate of drug-likeness (QED) is 0.829. The summed E-state index contributed by atoms with van der Waals surface area (Å²) in [5.41, 5.74) is 0.637. The van der Waals surface area contributed by atoms with Gasteiger partial charge in [-0.2, -0.15) is 5.10 Å². The van der Waals surface area contributed by atoms with Crippen LogP contribution in [0.25, 0.3) is 0 Å². The van der Waals surface area contributed by atoms with Gasteiger partial charge >= 0.3 is 0 Å². The summed E-state index contributed by atoms with van der Waals surface area (Å²) in [5, 5.41) is 4.37. The smallest absolute Gasteiger partial charge is 0.266 e. The predicted molar refractivity (Wildman–Crippen MR) is 100 cm³/mol. The Morgan fingerprint density at radius 3 is 2.46 bits per heavy atom. The summed E-state index contributed by atoms with van der Waals surface area (Å²) < 4.78 is 29.4. The first kappa shape index (κ1) is 19.0. The molecule has 1 aliphatic rings. The van der Waals surface area contributed by atoms with Gasteiger partial charge in [-0.1, -0.05) is 23.2 Å². The molecule has 1 aliphatic heterocycles. The number of hydrogen-bond donors (Lipinski definition) is 1. The number of carbonyl (C=O) groups is 1. The van der Waals surface area contributed by atoms with Crippen LogP contribution in [-0.2, 0) is 17.1 Å². The molecule has 1 fully saturated rings. The number of sulfonamides is 1. The highest BCUT2D eigenvalue weighted by Crippen LogP contribution is 2.29.